The van der Waals surface area contributed by atoms with Gasteiger partial charge in [0.15, 0.2) is 0 Å². The minimum Gasteiger partial charge on any atom is -0.0911 e. The van der Waals surface area contributed by atoms with Crippen LogP contribution in [-0.2, 0) is 0 Å². The lowest BCUT2D eigenvalue weighted by molar-refractivity contribution is 1.69. The molecular formula is C48H24. The summed E-state index contributed by atoms with van der Waals surface area (Å²) in [5.41, 5.74) is 0. The van der Waals surface area contributed by atoms with E-state index in [2.05, 4.69) is 99.1 Å². The van der Waals surface area contributed by atoms with Gasteiger partial charge in [-0.15, -0.1) is 0 Å². The lowest BCUT2D eigenvalue weighted by atomic mass is 9.74. The van der Waals surface area contributed by atoms with Crippen LogP contribution in [0, 0.1) is 0 Å². The molecule has 13 aromatic rings. The van der Waals surface area contributed by atoms with Crippen molar-refractivity contribution in [1.29, 1.82) is 0 Å². The van der Waals surface area contributed by atoms with Crippen LogP contribution in [0.2, 0.25) is 0 Å². The number of hydrogen-bond donors (Lipinski definition) is 0. The third-order valence-electron chi connectivity index (χ3n) is 12.4. The van der Waals surface area contributed by atoms with E-state index in [4.69, 9.17) is 13.2 Å². The summed E-state index contributed by atoms with van der Waals surface area (Å²) in [6, 6.07) is 27.4. The van der Waals surface area contributed by atoms with Crippen molar-refractivity contribution in [2.75, 3.05) is 0 Å². The maximum Gasteiger partial charge on any atom is -0.0000476 e. The van der Waals surface area contributed by atoms with Crippen LogP contribution in [0.4, 0.5) is 0 Å². The molecule has 13 aromatic carbocycles. The van der Waals surface area contributed by atoms with Crippen molar-refractivity contribution >= 4 is 169 Å². The van der Waals surface area contributed by atoms with Gasteiger partial charge in [0.25, 0.3) is 0 Å². The largest absolute Gasteiger partial charge is 0.0911 e. The van der Waals surface area contributed by atoms with Crippen LogP contribution < -0.4 is 31.3 Å². The summed E-state index contributed by atoms with van der Waals surface area (Å²) in [7, 11) is 0. The van der Waals surface area contributed by atoms with E-state index in [0.29, 0.717) is 0 Å². The highest BCUT2D eigenvalue weighted by molar-refractivity contribution is 6.58. The SMILES string of the molecule is C=c1ccc2c3ccc4c5ccc(=C)c6c(=C)c7c(=C)ccc8c9ccc%10c%11ccc(=C)c%12c(=C)c1c2c(c%12%11)c1c3c4c(c9c%101)c(c65)c78. The minimum atomic E-state index is 1.02. The lowest BCUT2D eigenvalue weighted by Gasteiger charge is -2.28. The van der Waals surface area contributed by atoms with Gasteiger partial charge in [-0.1, -0.05) is 112 Å². The molecule has 0 aromatic heterocycles. The average molecular weight is 601 g/mol. The highest BCUT2D eigenvalue weighted by Crippen LogP contribution is 2.57. The fraction of sp³-hybridized carbons (Fsp3) is 0. The summed E-state index contributed by atoms with van der Waals surface area (Å²) in [5.74, 6) is 0. The molecular weight excluding hydrogens is 577 g/mol. The van der Waals surface area contributed by atoms with Gasteiger partial charge in [-0.05, 0) is 161 Å². The summed E-state index contributed by atoms with van der Waals surface area (Å²) >= 11 is 0. The molecule has 0 aliphatic heterocycles. The molecule has 0 aliphatic carbocycles. The molecule has 0 N–H and O–H groups in total. The van der Waals surface area contributed by atoms with E-state index in [1.54, 1.807) is 0 Å². The zero-order valence-electron chi connectivity index (χ0n) is 26.2. The smallest absolute Gasteiger partial charge is 0.0000476 e. The Kier molecular flexibility index (Phi) is 3.51. The molecule has 0 spiro atoms. The number of fused-ring (bicyclic) bond motifs is 4. The summed E-state index contributed by atoms with van der Waals surface area (Å²) in [5, 5.41) is 36.9. The fourth-order valence-electron chi connectivity index (χ4n) is 10.8. The number of rotatable bonds is 0. The van der Waals surface area contributed by atoms with Gasteiger partial charge >= 0.3 is 0 Å². The van der Waals surface area contributed by atoms with E-state index in [0.717, 1.165) is 52.9 Å². The topological polar surface area (TPSA) is 0 Å². The molecule has 0 saturated heterocycles. The van der Waals surface area contributed by atoms with Gasteiger partial charge in [-0.3, -0.25) is 0 Å². The molecule has 48 heavy (non-hydrogen) atoms. The van der Waals surface area contributed by atoms with E-state index in [1.807, 2.05) is 0 Å². The summed E-state index contributed by atoms with van der Waals surface area (Å²) in [6.45, 7) is 27.7. The summed E-state index contributed by atoms with van der Waals surface area (Å²) < 4.78 is 0. The van der Waals surface area contributed by atoms with Gasteiger partial charge in [0, 0.05) is 0 Å². The molecule has 0 nitrogen and oxygen atoms in total. The minimum absolute atomic E-state index is 1.02. The number of hydrogen-bond acceptors (Lipinski definition) is 0. The Hall–Kier alpha value is -6.24. The Morgan fingerprint density at radius 1 is 0.188 bits per heavy atom. The normalized spacial score (nSPS) is 13.5. The maximum absolute atomic E-state index is 4.72. The molecule has 0 bridgehead atoms. The van der Waals surface area contributed by atoms with Crippen molar-refractivity contribution in [1.82, 2.24) is 0 Å². The zero-order chi connectivity index (χ0) is 31.8. The molecule has 0 radical (unpaired) electrons. The Bertz CT molecular complexity index is 3480. The Morgan fingerprint density at radius 3 is 0.562 bits per heavy atom. The Morgan fingerprint density at radius 2 is 0.354 bits per heavy atom. The monoisotopic (exact) mass is 600 g/mol. The second-order valence-electron chi connectivity index (χ2n) is 14.4. The van der Waals surface area contributed by atoms with E-state index >= 15 is 0 Å². The Labute approximate surface area is 272 Å². The predicted octanol–water partition coefficient (Wildman–Crippen LogP) is 8.61. The van der Waals surface area contributed by atoms with Crippen molar-refractivity contribution in [3.63, 3.8) is 0 Å². The van der Waals surface area contributed by atoms with Crippen LogP contribution in [0.3, 0.4) is 0 Å². The van der Waals surface area contributed by atoms with E-state index in [1.165, 1.54) is 108 Å². The molecule has 0 heteroatoms. The van der Waals surface area contributed by atoms with Gasteiger partial charge in [0.05, 0.1) is 0 Å². The first-order valence-corrected chi connectivity index (χ1v) is 16.6. The first kappa shape index (κ1) is 24.0. The summed E-state index contributed by atoms with van der Waals surface area (Å²) in [6.07, 6.45) is 0. The molecule has 0 saturated carbocycles. The first-order valence-electron chi connectivity index (χ1n) is 16.6. The number of benzene rings is 13. The van der Waals surface area contributed by atoms with Crippen molar-refractivity contribution < 1.29 is 0 Å². The van der Waals surface area contributed by atoms with Gasteiger partial charge in [0.2, 0.25) is 0 Å². The maximum atomic E-state index is 4.72. The molecule has 216 valence electrons. The van der Waals surface area contributed by atoms with Crippen molar-refractivity contribution in [2.24, 2.45) is 0 Å². The molecule has 0 atom stereocenters. The molecule has 0 amide bonds. The van der Waals surface area contributed by atoms with Crippen LogP contribution >= 0.6 is 0 Å². The molecule has 0 aliphatic rings. The van der Waals surface area contributed by atoms with Crippen LogP contribution in [0.5, 0.6) is 0 Å². The zero-order valence-corrected chi connectivity index (χ0v) is 26.2. The molecule has 0 fully saturated rings. The average Bonchev–Trinajstić information content (AvgIpc) is 3.08. The second kappa shape index (κ2) is 7.03. The highest BCUT2D eigenvalue weighted by atomic mass is 14.3. The quantitative estimate of drug-likeness (QED) is 0.121. The van der Waals surface area contributed by atoms with E-state index in [-0.39, 0.29) is 0 Å². The van der Waals surface area contributed by atoms with Crippen LogP contribution in [-0.4, -0.2) is 0 Å². The van der Waals surface area contributed by atoms with Crippen LogP contribution in [0.15, 0.2) is 72.8 Å². The highest BCUT2D eigenvalue weighted by Gasteiger charge is 2.30. The van der Waals surface area contributed by atoms with Gasteiger partial charge < -0.3 is 0 Å². The summed E-state index contributed by atoms with van der Waals surface area (Å²) in [4.78, 5) is 0. The lowest BCUT2D eigenvalue weighted by Crippen LogP contribution is -2.19. The van der Waals surface area contributed by atoms with Crippen LogP contribution in [0.1, 0.15) is 0 Å². The standard InChI is InChI=1S/C48H24/c1-19-7-11-25-29-15-16-31-27-13-9-21(3)35-24(6)36-22(4)10-14-28-32-18-17-30-26-12-8-20(2)34-23(5)33(19)37(25)45(38(26)34)47-41(29)43(31)48(44(32)42(30)47)46(39(27)35)40(28)36/h7-18H,1-6H2. The van der Waals surface area contributed by atoms with Crippen LogP contribution in [0.25, 0.3) is 169 Å². The van der Waals surface area contributed by atoms with Gasteiger partial charge in [-0.2, -0.15) is 0 Å². The van der Waals surface area contributed by atoms with Crippen molar-refractivity contribution in [2.45, 2.75) is 0 Å². The van der Waals surface area contributed by atoms with Crippen molar-refractivity contribution in [3.05, 3.63) is 104 Å². The van der Waals surface area contributed by atoms with Gasteiger partial charge in [-0.25, -0.2) is 0 Å². The molecule has 13 rings (SSSR count). The predicted molar refractivity (Wildman–Crippen MR) is 215 cm³/mol. The molecule has 0 heterocycles. The van der Waals surface area contributed by atoms with E-state index in [9.17, 15) is 0 Å². The Balaban J connectivity index is 1.59. The third kappa shape index (κ3) is 2.12. The fourth-order valence-corrected chi connectivity index (χ4v) is 10.8. The third-order valence-corrected chi connectivity index (χ3v) is 12.4. The second-order valence-corrected chi connectivity index (χ2v) is 14.4. The van der Waals surface area contributed by atoms with E-state index < -0.39 is 0 Å². The van der Waals surface area contributed by atoms with Crippen molar-refractivity contribution in [3.8, 4) is 0 Å². The molecule has 0 unspecified atom stereocenters. The van der Waals surface area contributed by atoms with Gasteiger partial charge in [0.1, 0.15) is 0 Å². The first-order chi connectivity index (χ1) is 23.4.